The minimum Gasteiger partial charge on any atom is -0.356 e. The Bertz CT molecular complexity index is 486. The molecule has 0 saturated heterocycles. The Hall–Kier alpha value is -1.47. The summed E-state index contributed by atoms with van der Waals surface area (Å²) in [5, 5.41) is 8.64. The van der Waals surface area contributed by atoms with Gasteiger partial charge in [0.1, 0.15) is 6.54 Å². The molecular formula is C16H26N4OS2. The molecule has 0 aliphatic carbocycles. The summed E-state index contributed by atoms with van der Waals surface area (Å²) in [6.07, 6.45) is 2.85. The summed E-state index contributed by atoms with van der Waals surface area (Å²) in [5.41, 5.74) is 0. The summed E-state index contributed by atoms with van der Waals surface area (Å²) in [7, 11) is 3.47. The number of aliphatic imine (C=N–C) groups is 1. The highest BCUT2D eigenvalue weighted by Crippen LogP contribution is 2.07. The highest BCUT2D eigenvalue weighted by Gasteiger charge is 2.04. The van der Waals surface area contributed by atoms with Crippen LogP contribution >= 0.6 is 23.1 Å². The fraction of sp³-hybridized carbons (Fsp3) is 0.500. The average Bonchev–Trinajstić information content (AvgIpc) is 3.04. The number of guanidine groups is 1. The SMILES string of the molecule is C=CCSCCNC(=NCC(=O)N(C)C)NCCc1cccs1. The van der Waals surface area contributed by atoms with Crippen LogP contribution in [0.2, 0.25) is 0 Å². The number of carbonyl (C=O) groups excluding carboxylic acids is 1. The number of thiophene rings is 1. The molecule has 1 aromatic rings. The topological polar surface area (TPSA) is 56.7 Å². The van der Waals surface area contributed by atoms with Crippen LogP contribution in [-0.4, -0.2) is 62.0 Å². The van der Waals surface area contributed by atoms with E-state index < -0.39 is 0 Å². The smallest absolute Gasteiger partial charge is 0.243 e. The van der Waals surface area contributed by atoms with Gasteiger partial charge in [-0.15, -0.1) is 17.9 Å². The summed E-state index contributed by atoms with van der Waals surface area (Å²) < 4.78 is 0. The quantitative estimate of drug-likeness (QED) is 0.291. The number of likely N-dealkylation sites (N-methyl/N-ethyl adjacent to an activating group) is 1. The maximum Gasteiger partial charge on any atom is 0.243 e. The van der Waals surface area contributed by atoms with Gasteiger partial charge in [0.25, 0.3) is 0 Å². The van der Waals surface area contributed by atoms with Crippen LogP contribution in [-0.2, 0) is 11.2 Å². The van der Waals surface area contributed by atoms with Crippen LogP contribution in [0.3, 0.4) is 0 Å². The molecule has 0 radical (unpaired) electrons. The highest BCUT2D eigenvalue weighted by molar-refractivity contribution is 7.99. The first-order valence-corrected chi connectivity index (χ1v) is 9.60. The van der Waals surface area contributed by atoms with Crippen molar-refractivity contribution in [2.24, 2.45) is 4.99 Å². The molecular weight excluding hydrogens is 328 g/mol. The van der Waals surface area contributed by atoms with E-state index in [0.717, 1.165) is 31.0 Å². The van der Waals surface area contributed by atoms with Crippen molar-refractivity contribution in [3.05, 3.63) is 35.0 Å². The molecule has 23 heavy (non-hydrogen) atoms. The van der Waals surface area contributed by atoms with Gasteiger partial charge in [0.15, 0.2) is 5.96 Å². The van der Waals surface area contributed by atoms with Crippen molar-refractivity contribution in [3.8, 4) is 0 Å². The lowest BCUT2D eigenvalue weighted by Gasteiger charge is -2.13. The van der Waals surface area contributed by atoms with Crippen LogP contribution in [0.15, 0.2) is 35.2 Å². The van der Waals surface area contributed by atoms with E-state index in [1.807, 2.05) is 17.8 Å². The Kier molecular flexibility index (Phi) is 10.2. The molecule has 1 heterocycles. The number of carbonyl (C=O) groups is 1. The maximum absolute atomic E-state index is 11.7. The third kappa shape index (κ3) is 9.30. The lowest BCUT2D eigenvalue weighted by atomic mass is 10.3. The monoisotopic (exact) mass is 354 g/mol. The summed E-state index contributed by atoms with van der Waals surface area (Å²) >= 11 is 3.56. The van der Waals surface area contributed by atoms with Gasteiger partial charge < -0.3 is 15.5 Å². The molecule has 0 bridgehead atoms. The summed E-state index contributed by atoms with van der Waals surface area (Å²) in [5.74, 6) is 2.60. The standard InChI is InChI=1S/C16H26N4OS2/c1-4-10-22-12-9-18-16(19-13-15(21)20(2)3)17-8-7-14-6-5-11-23-14/h4-6,11H,1,7-10,12-13H2,2-3H3,(H2,17,18,19). The Balaban J connectivity index is 2.40. The van der Waals surface area contributed by atoms with Crippen LogP contribution in [0.4, 0.5) is 0 Å². The van der Waals surface area contributed by atoms with Crippen LogP contribution in [0.5, 0.6) is 0 Å². The summed E-state index contributed by atoms with van der Waals surface area (Å²) in [4.78, 5) is 18.9. The number of hydrogen-bond donors (Lipinski definition) is 2. The summed E-state index contributed by atoms with van der Waals surface area (Å²) in [6, 6.07) is 4.18. The van der Waals surface area contributed by atoms with E-state index in [1.54, 1.807) is 30.3 Å². The first-order chi connectivity index (χ1) is 11.1. The van der Waals surface area contributed by atoms with Crippen LogP contribution in [0.1, 0.15) is 4.88 Å². The van der Waals surface area contributed by atoms with Crippen LogP contribution in [0.25, 0.3) is 0 Å². The number of amides is 1. The van der Waals surface area contributed by atoms with Gasteiger partial charge in [-0.05, 0) is 17.9 Å². The second kappa shape index (κ2) is 12.0. The molecule has 1 aromatic heterocycles. The largest absolute Gasteiger partial charge is 0.356 e. The molecule has 0 atom stereocenters. The van der Waals surface area contributed by atoms with E-state index in [0.29, 0.717) is 5.96 Å². The average molecular weight is 355 g/mol. The molecule has 0 unspecified atom stereocenters. The van der Waals surface area contributed by atoms with E-state index in [9.17, 15) is 4.79 Å². The highest BCUT2D eigenvalue weighted by atomic mass is 32.2. The van der Waals surface area contributed by atoms with Gasteiger partial charge in [0.2, 0.25) is 5.91 Å². The Morgan fingerprint density at radius 3 is 2.87 bits per heavy atom. The Morgan fingerprint density at radius 2 is 2.22 bits per heavy atom. The number of nitrogens with one attached hydrogen (secondary N) is 2. The fourth-order valence-corrected chi connectivity index (χ4v) is 2.92. The van der Waals surface area contributed by atoms with Crippen molar-refractivity contribution in [3.63, 3.8) is 0 Å². The molecule has 128 valence electrons. The molecule has 0 saturated carbocycles. The van der Waals surface area contributed by atoms with Crippen molar-refractivity contribution < 1.29 is 4.79 Å². The van der Waals surface area contributed by atoms with E-state index >= 15 is 0 Å². The van der Waals surface area contributed by atoms with Crippen molar-refractivity contribution in [2.75, 3.05) is 45.2 Å². The molecule has 1 rings (SSSR count). The number of nitrogens with zero attached hydrogens (tertiary/aromatic N) is 2. The normalized spacial score (nSPS) is 11.1. The maximum atomic E-state index is 11.7. The van der Waals surface area contributed by atoms with E-state index in [2.05, 4.69) is 39.7 Å². The van der Waals surface area contributed by atoms with Gasteiger partial charge in [-0.1, -0.05) is 12.1 Å². The van der Waals surface area contributed by atoms with Gasteiger partial charge in [0.05, 0.1) is 0 Å². The first kappa shape index (κ1) is 19.6. The van der Waals surface area contributed by atoms with Gasteiger partial charge in [-0.2, -0.15) is 11.8 Å². The van der Waals surface area contributed by atoms with Crippen LogP contribution < -0.4 is 10.6 Å². The second-order valence-corrected chi connectivity index (χ2v) is 7.18. The molecule has 0 spiro atoms. The lowest BCUT2D eigenvalue weighted by molar-refractivity contribution is -0.127. The third-order valence-corrected chi connectivity index (χ3v) is 4.79. The molecule has 2 N–H and O–H groups in total. The number of rotatable bonds is 10. The van der Waals surface area contributed by atoms with Crippen molar-refractivity contribution >= 4 is 35.0 Å². The third-order valence-electron chi connectivity index (χ3n) is 2.89. The zero-order chi connectivity index (χ0) is 16.9. The van der Waals surface area contributed by atoms with Crippen molar-refractivity contribution in [1.29, 1.82) is 0 Å². The Morgan fingerprint density at radius 1 is 1.43 bits per heavy atom. The summed E-state index contributed by atoms with van der Waals surface area (Å²) in [6.45, 7) is 5.46. The van der Waals surface area contributed by atoms with E-state index in [-0.39, 0.29) is 12.5 Å². The van der Waals surface area contributed by atoms with E-state index in [4.69, 9.17) is 0 Å². The molecule has 0 aromatic carbocycles. The molecule has 0 aliphatic rings. The molecule has 5 nitrogen and oxygen atoms in total. The fourth-order valence-electron chi connectivity index (χ4n) is 1.63. The zero-order valence-electron chi connectivity index (χ0n) is 13.9. The van der Waals surface area contributed by atoms with Gasteiger partial charge in [-0.25, -0.2) is 4.99 Å². The predicted molar refractivity (Wildman–Crippen MR) is 103 cm³/mol. The molecule has 1 amide bonds. The van der Waals surface area contributed by atoms with Gasteiger partial charge >= 0.3 is 0 Å². The Labute approximate surface area is 147 Å². The molecule has 0 fully saturated rings. The lowest BCUT2D eigenvalue weighted by Crippen LogP contribution is -2.40. The van der Waals surface area contributed by atoms with Gasteiger partial charge in [0, 0.05) is 43.6 Å². The second-order valence-electron chi connectivity index (χ2n) is 5.00. The predicted octanol–water partition coefficient (Wildman–Crippen LogP) is 1.83. The first-order valence-electron chi connectivity index (χ1n) is 7.57. The van der Waals surface area contributed by atoms with Crippen molar-refractivity contribution in [2.45, 2.75) is 6.42 Å². The zero-order valence-corrected chi connectivity index (χ0v) is 15.5. The number of hydrogen-bond acceptors (Lipinski definition) is 4. The van der Waals surface area contributed by atoms with Gasteiger partial charge in [-0.3, -0.25) is 4.79 Å². The molecule has 7 heteroatoms. The minimum absolute atomic E-state index is 0.00890. The number of thioether (sulfide) groups is 1. The minimum atomic E-state index is -0.00890. The van der Waals surface area contributed by atoms with Crippen LogP contribution in [0, 0.1) is 0 Å². The van der Waals surface area contributed by atoms with Crippen molar-refractivity contribution in [1.82, 2.24) is 15.5 Å². The molecule has 0 aliphatic heterocycles. The van der Waals surface area contributed by atoms with E-state index in [1.165, 1.54) is 4.88 Å².